The molecule has 0 bridgehead atoms. The summed E-state index contributed by atoms with van der Waals surface area (Å²) in [6.45, 7) is 1.79. The van der Waals surface area contributed by atoms with Gasteiger partial charge in [-0.1, -0.05) is 0 Å². The summed E-state index contributed by atoms with van der Waals surface area (Å²) in [5.74, 6) is -0.0159. The maximum Gasteiger partial charge on any atom is 0.252 e. The number of carbonyl (C=O) groups excluding carboxylic acids is 1. The number of hydrogen-bond donors (Lipinski definition) is 2. The monoisotopic (exact) mass is 313 g/mol. The van der Waals surface area contributed by atoms with Crippen LogP contribution in [0.5, 0.6) is 0 Å². The van der Waals surface area contributed by atoms with Gasteiger partial charge in [-0.15, -0.1) is 0 Å². The zero-order valence-corrected chi connectivity index (χ0v) is 12.9. The van der Waals surface area contributed by atoms with Crippen LogP contribution in [0.3, 0.4) is 0 Å². The average Bonchev–Trinajstić information content (AvgIpc) is 3.39. The first-order valence-corrected chi connectivity index (χ1v) is 8.32. The summed E-state index contributed by atoms with van der Waals surface area (Å²) in [7, 11) is 0. The Morgan fingerprint density at radius 3 is 2.87 bits per heavy atom. The molecule has 1 saturated carbocycles. The van der Waals surface area contributed by atoms with E-state index in [4.69, 9.17) is 0 Å². The van der Waals surface area contributed by atoms with Crippen molar-refractivity contribution in [1.29, 1.82) is 0 Å². The van der Waals surface area contributed by atoms with Gasteiger partial charge < -0.3 is 10.6 Å². The number of pyridine rings is 1. The molecule has 2 aliphatic rings. The standard InChI is InChI=1S/C18H20FN3O/c19-12-5-6-16-14(8-12)15(9-17(22-16)11-3-4-11)18(23)21-13-2-1-7-20-10-13/h5-6,8-9,11,13,20H,1-4,7,10H2,(H,21,23)/t13-/m0/s1. The lowest BCUT2D eigenvalue weighted by Crippen LogP contribution is -2.45. The molecule has 4 nitrogen and oxygen atoms in total. The zero-order chi connectivity index (χ0) is 15.8. The summed E-state index contributed by atoms with van der Waals surface area (Å²) in [6, 6.07) is 6.46. The number of nitrogens with zero attached hydrogens (tertiary/aromatic N) is 1. The lowest BCUT2D eigenvalue weighted by molar-refractivity contribution is 0.0932. The van der Waals surface area contributed by atoms with E-state index in [1.54, 1.807) is 6.07 Å². The summed E-state index contributed by atoms with van der Waals surface area (Å²) in [5, 5.41) is 6.97. The fraction of sp³-hybridized carbons (Fsp3) is 0.444. The van der Waals surface area contributed by atoms with E-state index in [1.807, 2.05) is 6.07 Å². The molecule has 2 heterocycles. The van der Waals surface area contributed by atoms with Crippen LogP contribution in [0.4, 0.5) is 4.39 Å². The minimum atomic E-state index is -0.341. The van der Waals surface area contributed by atoms with Gasteiger partial charge in [0.2, 0.25) is 0 Å². The molecule has 2 N–H and O–H groups in total. The summed E-state index contributed by atoms with van der Waals surface area (Å²) in [6.07, 6.45) is 4.27. The van der Waals surface area contributed by atoms with Gasteiger partial charge in [-0.05, 0) is 56.5 Å². The third-order valence-corrected chi connectivity index (χ3v) is 4.66. The Kier molecular flexibility index (Phi) is 3.73. The second kappa shape index (κ2) is 5.89. The molecule has 1 aromatic heterocycles. The van der Waals surface area contributed by atoms with E-state index in [2.05, 4.69) is 15.6 Å². The first-order valence-electron chi connectivity index (χ1n) is 8.32. The van der Waals surface area contributed by atoms with Crippen LogP contribution in [-0.2, 0) is 0 Å². The van der Waals surface area contributed by atoms with E-state index in [-0.39, 0.29) is 17.8 Å². The highest BCUT2D eigenvalue weighted by molar-refractivity contribution is 6.06. The molecule has 4 rings (SSSR count). The van der Waals surface area contributed by atoms with Gasteiger partial charge in [0.05, 0.1) is 11.1 Å². The Balaban J connectivity index is 1.70. The third kappa shape index (κ3) is 3.06. The van der Waals surface area contributed by atoms with Gasteiger partial charge in [-0.25, -0.2) is 4.39 Å². The molecular weight excluding hydrogens is 293 g/mol. The Hall–Kier alpha value is -2.01. The number of amides is 1. The summed E-state index contributed by atoms with van der Waals surface area (Å²) >= 11 is 0. The van der Waals surface area contributed by atoms with Crippen LogP contribution >= 0.6 is 0 Å². The van der Waals surface area contributed by atoms with Crippen molar-refractivity contribution in [1.82, 2.24) is 15.6 Å². The van der Waals surface area contributed by atoms with Crippen LogP contribution in [0.2, 0.25) is 0 Å². The largest absolute Gasteiger partial charge is 0.348 e. The minimum absolute atomic E-state index is 0.126. The van der Waals surface area contributed by atoms with E-state index < -0.39 is 0 Å². The van der Waals surface area contributed by atoms with Crippen LogP contribution in [0.25, 0.3) is 10.9 Å². The SMILES string of the molecule is O=C(N[C@H]1CCCNC1)c1cc(C2CC2)nc2ccc(F)cc12. The predicted octanol–water partition coefficient (Wildman–Crippen LogP) is 2.73. The molecule has 1 aliphatic heterocycles. The summed E-state index contributed by atoms with van der Waals surface area (Å²) < 4.78 is 13.6. The number of aromatic nitrogens is 1. The number of carbonyl (C=O) groups is 1. The topological polar surface area (TPSA) is 54.0 Å². The first kappa shape index (κ1) is 14.6. The highest BCUT2D eigenvalue weighted by Crippen LogP contribution is 2.40. The normalized spacial score (nSPS) is 21.3. The van der Waals surface area contributed by atoms with Gasteiger partial charge in [0, 0.05) is 29.6 Å². The number of rotatable bonds is 3. The second-order valence-corrected chi connectivity index (χ2v) is 6.55. The molecule has 1 amide bonds. The Morgan fingerprint density at radius 2 is 2.13 bits per heavy atom. The quantitative estimate of drug-likeness (QED) is 0.916. The van der Waals surface area contributed by atoms with E-state index in [1.165, 1.54) is 12.1 Å². The number of hydrogen-bond acceptors (Lipinski definition) is 3. The average molecular weight is 313 g/mol. The van der Waals surface area contributed by atoms with Gasteiger partial charge in [0.25, 0.3) is 5.91 Å². The molecule has 1 aromatic carbocycles. The van der Waals surface area contributed by atoms with Gasteiger partial charge in [-0.3, -0.25) is 9.78 Å². The van der Waals surface area contributed by atoms with Crippen LogP contribution in [0.1, 0.15) is 47.7 Å². The molecule has 5 heteroatoms. The summed E-state index contributed by atoms with van der Waals surface area (Å²) in [5.41, 5.74) is 2.20. The Bertz CT molecular complexity index is 751. The molecule has 0 radical (unpaired) electrons. The second-order valence-electron chi connectivity index (χ2n) is 6.55. The maximum absolute atomic E-state index is 13.6. The Morgan fingerprint density at radius 1 is 1.26 bits per heavy atom. The van der Waals surface area contributed by atoms with Crippen LogP contribution in [-0.4, -0.2) is 30.0 Å². The predicted molar refractivity (Wildman–Crippen MR) is 87.0 cm³/mol. The van der Waals surface area contributed by atoms with Crippen molar-refractivity contribution in [2.45, 2.75) is 37.6 Å². The molecule has 0 unspecified atom stereocenters. The lowest BCUT2D eigenvalue weighted by Gasteiger charge is -2.24. The van der Waals surface area contributed by atoms with Gasteiger partial charge >= 0.3 is 0 Å². The van der Waals surface area contributed by atoms with Crippen molar-refractivity contribution in [3.05, 3.63) is 41.3 Å². The molecule has 0 spiro atoms. The number of piperidine rings is 1. The fourth-order valence-electron chi connectivity index (χ4n) is 3.23. The maximum atomic E-state index is 13.6. The molecule has 1 aliphatic carbocycles. The summed E-state index contributed by atoms with van der Waals surface area (Å²) in [4.78, 5) is 17.4. The number of halogens is 1. The molecule has 1 atom stereocenters. The van der Waals surface area contributed by atoms with Crippen molar-refractivity contribution in [2.75, 3.05) is 13.1 Å². The smallest absolute Gasteiger partial charge is 0.252 e. The Labute approximate surface area is 134 Å². The minimum Gasteiger partial charge on any atom is -0.348 e. The fourth-order valence-corrected chi connectivity index (χ4v) is 3.23. The number of fused-ring (bicyclic) bond motifs is 1. The van der Waals surface area contributed by atoms with Crippen molar-refractivity contribution >= 4 is 16.8 Å². The van der Waals surface area contributed by atoms with E-state index in [9.17, 15) is 9.18 Å². The highest BCUT2D eigenvalue weighted by atomic mass is 19.1. The van der Waals surface area contributed by atoms with Crippen molar-refractivity contribution in [3.8, 4) is 0 Å². The van der Waals surface area contributed by atoms with Crippen molar-refractivity contribution in [3.63, 3.8) is 0 Å². The molecule has 120 valence electrons. The van der Waals surface area contributed by atoms with Crippen LogP contribution in [0, 0.1) is 5.82 Å². The number of nitrogens with one attached hydrogen (secondary N) is 2. The van der Waals surface area contributed by atoms with Gasteiger partial charge in [-0.2, -0.15) is 0 Å². The van der Waals surface area contributed by atoms with E-state index in [0.29, 0.717) is 22.4 Å². The molecule has 2 aromatic rings. The molecule has 23 heavy (non-hydrogen) atoms. The molecule has 2 fully saturated rings. The molecular formula is C18H20FN3O. The van der Waals surface area contributed by atoms with Gasteiger partial charge in [0.15, 0.2) is 0 Å². The van der Waals surface area contributed by atoms with Crippen molar-refractivity contribution in [2.24, 2.45) is 0 Å². The first-order chi connectivity index (χ1) is 11.2. The lowest BCUT2D eigenvalue weighted by atomic mass is 10.0. The van der Waals surface area contributed by atoms with Crippen LogP contribution < -0.4 is 10.6 Å². The van der Waals surface area contributed by atoms with E-state index >= 15 is 0 Å². The third-order valence-electron chi connectivity index (χ3n) is 4.66. The number of benzene rings is 1. The van der Waals surface area contributed by atoms with Crippen LogP contribution in [0.15, 0.2) is 24.3 Å². The highest BCUT2D eigenvalue weighted by Gasteiger charge is 2.27. The van der Waals surface area contributed by atoms with E-state index in [0.717, 1.165) is 44.5 Å². The zero-order valence-electron chi connectivity index (χ0n) is 12.9. The van der Waals surface area contributed by atoms with Crippen molar-refractivity contribution < 1.29 is 9.18 Å². The molecule has 1 saturated heterocycles. The van der Waals surface area contributed by atoms with Gasteiger partial charge in [0.1, 0.15) is 5.82 Å².